The van der Waals surface area contributed by atoms with Gasteiger partial charge in [-0.1, -0.05) is 24.3 Å². The Kier molecular flexibility index (Phi) is 4.79. The van der Waals surface area contributed by atoms with Crippen LogP contribution >= 0.6 is 11.6 Å². The van der Waals surface area contributed by atoms with E-state index in [0.29, 0.717) is 24.8 Å². The van der Waals surface area contributed by atoms with Gasteiger partial charge < -0.3 is 4.74 Å². The van der Waals surface area contributed by atoms with Crippen LogP contribution in [0.3, 0.4) is 0 Å². The average molecular weight is 315 g/mol. The van der Waals surface area contributed by atoms with Crippen molar-refractivity contribution >= 4 is 17.4 Å². The molecular formula is C19H19ClO2. The molecule has 0 unspecified atom stereocenters. The van der Waals surface area contributed by atoms with Crippen LogP contribution in [0.4, 0.5) is 0 Å². The Morgan fingerprint density at radius 3 is 2.50 bits per heavy atom. The van der Waals surface area contributed by atoms with Crippen molar-refractivity contribution in [1.29, 1.82) is 0 Å². The second-order valence-corrected chi connectivity index (χ2v) is 6.01. The van der Waals surface area contributed by atoms with E-state index < -0.39 is 0 Å². The van der Waals surface area contributed by atoms with E-state index in [-0.39, 0.29) is 5.78 Å². The highest BCUT2D eigenvalue weighted by Crippen LogP contribution is 2.41. The normalized spacial score (nSPS) is 13.9. The third kappa shape index (κ3) is 3.69. The molecule has 0 aliphatic heterocycles. The number of rotatable bonds is 7. The van der Waals surface area contributed by atoms with E-state index >= 15 is 0 Å². The first kappa shape index (κ1) is 15.1. The Bertz CT molecular complexity index is 645. The van der Waals surface area contributed by atoms with E-state index in [1.807, 2.05) is 30.3 Å². The molecule has 22 heavy (non-hydrogen) atoms. The molecule has 0 spiro atoms. The molecule has 114 valence electrons. The lowest BCUT2D eigenvalue weighted by atomic mass is 9.96. The molecule has 2 nitrogen and oxygen atoms in total. The van der Waals surface area contributed by atoms with Crippen molar-refractivity contribution in [1.82, 2.24) is 0 Å². The average Bonchev–Trinajstić information content (AvgIpc) is 3.39. The van der Waals surface area contributed by atoms with Crippen LogP contribution in [-0.2, 0) is 6.42 Å². The highest BCUT2D eigenvalue weighted by molar-refractivity contribution is 6.18. The zero-order valence-electron chi connectivity index (χ0n) is 12.4. The van der Waals surface area contributed by atoms with Crippen LogP contribution in [0.15, 0.2) is 48.5 Å². The molecule has 2 aromatic rings. The molecule has 1 aliphatic rings. The summed E-state index contributed by atoms with van der Waals surface area (Å²) >= 11 is 5.59. The summed E-state index contributed by atoms with van der Waals surface area (Å²) in [5.74, 6) is 2.02. The molecule has 1 fully saturated rings. The first-order chi connectivity index (χ1) is 10.8. The number of ether oxygens (including phenoxy) is 1. The topological polar surface area (TPSA) is 26.3 Å². The SMILES string of the molecule is O=C(Cc1ccccc1C1CC1)c1ccc(OCCCl)cc1. The molecule has 0 atom stereocenters. The molecule has 3 rings (SSSR count). The largest absolute Gasteiger partial charge is 0.492 e. The number of hydrogen-bond acceptors (Lipinski definition) is 2. The molecule has 0 saturated heterocycles. The minimum absolute atomic E-state index is 0.150. The van der Waals surface area contributed by atoms with Gasteiger partial charge in [0.05, 0.1) is 5.88 Å². The van der Waals surface area contributed by atoms with Crippen molar-refractivity contribution < 1.29 is 9.53 Å². The maximum Gasteiger partial charge on any atom is 0.167 e. The number of ketones is 1. The van der Waals surface area contributed by atoms with E-state index in [1.165, 1.54) is 18.4 Å². The fourth-order valence-electron chi connectivity index (χ4n) is 2.66. The maximum atomic E-state index is 12.5. The fraction of sp³-hybridized carbons (Fsp3) is 0.316. The van der Waals surface area contributed by atoms with Crippen LogP contribution in [0, 0.1) is 0 Å². The number of halogens is 1. The standard InChI is InChI=1S/C19H19ClO2/c20-11-12-22-17-9-7-15(8-10-17)19(21)13-16-3-1-2-4-18(16)14-5-6-14/h1-4,7-10,14H,5-6,11-13H2. The van der Waals surface area contributed by atoms with Crippen LogP contribution in [0.25, 0.3) is 0 Å². The van der Waals surface area contributed by atoms with Gasteiger partial charge in [0, 0.05) is 12.0 Å². The van der Waals surface area contributed by atoms with Gasteiger partial charge in [-0.25, -0.2) is 0 Å². The zero-order chi connectivity index (χ0) is 15.4. The van der Waals surface area contributed by atoms with Crippen molar-refractivity contribution in [2.24, 2.45) is 0 Å². The Labute approximate surface area is 136 Å². The van der Waals surface area contributed by atoms with E-state index in [1.54, 1.807) is 0 Å². The van der Waals surface area contributed by atoms with E-state index in [9.17, 15) is 4.79 Å². The van der Waals surface area contributed by atoms with Crippen LogP contribution in [-0.4, -0.2) is 18.3 Å². The fourth-order valence-corrected chi connectivity index (χ4v) is 2.73. The first-order valence-corrected chi connectivity index (χ1v) is 8.21. The second kappa shape index (κ2) is 6.97. The highest BCUT2D eigenvalue weighted by atomic mass is 35.5. The molecule has 0 N–H and O–H groups in total. The van der Waals surface area contributed by atoms with Gasteiger partial charge in [0.15, 0.2) is 5.78 Å². The van der Waals surface area contributed by atoms with E-state index in [0.717, 1.165) is 16.9 Å². The van der Waals surface area contributed by atoms with Gasteiger partial charge in [0.25, 0.3) is 0 Å². The number of alkyl halides is 1. The van der Waals surface area contributed by atoms with Crippen LogP contribution < -0.4 is 4.74 Å². The summed E-state index contributed by atoms with van der Waals surface area (Å²) < 4.78 is 5.42. The van der Waals surface area contributed by atoms with Crippen molar-refractivity contribution in [3.05, 3.63) is 65.2 Å². The van der Waals surface area contributed by atoms with Crippen LogP contribution in [0.2, 0.25) is 0 Å². The lowest BCUT2D eigenvalue weighted by Crippen LogP contribution is -2.06. The Morgan fingerprint density at radius 2 is 1.82 bits per heavy atom. The quantitative estimate of drug-likeness (QED) is 0.551. The predicted molar refractivity (Wildman–Crippen MR) is 89.1 cm³/mol. The van der Waals surface area contributed by atoms with Crippen molar-refractivity contribution in [2.75, 3.05) is 12.5 Å². The third-order valence-corrected chi connectivity index (χ3v) is 4.10. The monoisotopic (exact) mass is 314 g/mol. The molecule has 1 saturated carbocycles. The molecule has 0 bridgehead atoms. The number of carbonyl (C=O) groups is 1. The van der Waals surface area contributed by atoms with Gasteiger partial charge in [-0.2, -0.15) is 0 Å². The van der Waals surface area contributed by atoms with Gasteiger partial charge in [0.1, 0.15) is 12.4 Å². The summed E-state index contributed by atoms with van der Waals surface area (Å²) in [4.78, 5) is 12.5. The number of benzene rings is 2. The van der Waals surface area contributed by atoms with E-state index in [2.05, 4.69) is 18.2 Å². The molecule has 2 aromatic carbocycles. The van der Waals surface area contributed by atoms with Gasteiger partial charge in [-0.05, 0) is 54.2 Å². The number of Topliss-reactive ketones (excluding diaryl/α,β-unsaturated/α-hetero) is 1. The minimum atomic E-state index is 0.150. The molecule has 0 radical (unpaired) electrons. The summed E-state index contributed by atoms with van der Waals surface area (Å²) in [6.07, 6.45) is 2.96. The Balaban J connectivity index is 1.69. The second-order valence-electron chi connectivity index (χ2n) is 5.63. The van der Waals surface area contributed by atoms with Gasteiger partial charge >= 0.3 is 0 Å². The molecule has 1 aliphatic carbocycles. The predicted octanol–water partition coefficient (Wildman–Crippen LogP) is 4.61. The van der Waals surface area contributed by atoms with Gasteiger partial charge in [-0.15, -0.1) is 11.6 Å². The van der Waals surface area contributed by atoms with Crippen molar-refractivity contribution in [3.8, 4) is 5.75 Å². The zero-order valence-corrected chi connectivity index (χ0v) is 13.2. The molecule has 0 heterocycles. The third-order valence-electron chi connectivity index (χ3n) is 3.95. The number of carbonyl (C=O) groups excluding carboxylic acids is 1. The Hall–Kier alpha value is -1.80. The summed E-state index contributed by atoms with van der Waals surface area (Å²) in [5.41, 5.74) is 3.24. The number of hydrogen-bond donors (Lipinski definition) is 0. The van der Waals surface area contributed by atoms with Crippen molar-refractivity contribution in [2.45, 2.75) is 25.2 Å². The summed E-state index contributed by atoms with van der Waals surface area (Å²) in [6, 6.07) is 15.6. The smallest absolute Gasteiger partial charge is 0.167 e. The molecule has 0 aromatic heterocycles. The maximum absolute atomic E-state index is 12.5. The summed E-state index contributed by atoms with van der Waals surface area (Å²) in [5, 5.41) is 0. The van der Waals surface area contributed by atoms with E-state index in [4.69, 9.17) is 16.3 Å². The Morgan fingerprint density at radius 1 is 1.09 bits per heavy atom. The van der Waals surface area contributed by atoms with Crippen LogP contribution in [0.5, 0.6) is 5.75 Å². The first-order valence-electron chi connectivity index (χ1n) is 7.68. The minimum Gasteiger partial charge on any atom is -0.492 e. The lowest BCUT2D eigenvalue weighted by Gasteiger charge is -2.09. The summed E-state index contributed by atoms with van der Waals surface area (Å²) in [6.45, 7) is 0.476. The highest BCUT2D eigenvalue weighted by Gasteiger charge is 2.26. The van der Waals surface area contributed by atoms with Gasteiger partial charge in [-0.3, -0.25) is 4.79 Å². The molecular weight excluding hydrogens is 296 g/mol. The van der Waals surface area contributed by atoms with Crippen molar-refractivity contribution in [3.63, 3.8) is 0 Å². The molecule has 3 heteroatoms. The van der Waals surface area contributed by atoms with Crippen LogP contribution in [0.1, 0.15) is 40.2 Å². The lowest BCUT2D eigenvalue weighted by molar-refractivity contribution is 0.0992. The van der Waals surface area contributed by atoms with Gasteiger partial charge in [0.2, 0.25) is 0 Å². The summed E-state index contributed by atoms with van der Waals surface area (Å²) in [7, 11) is 0. The molecule has 0 amide bonds.